The maximum absolute atomic E-state index is 12.8. The molecule has 0 aliphatic rings. The summed E-state index contributed by atoms with van der Waals surface area (Å²) in [7, 11) is 0. The van der Waals surface area contributed by atoms with E-state index in [-0.39, 0.29) is 12.3 Å². The summed E-state index contributed by atoms with van der Waals surface area (Å²) in [5, 5.41) is 3.73. The number of nitrogens with zero attached hydrogens (tertiary/aromatic N) is 3. The molecular formula is C26H25F2N5O. The van der Waals surface area contributed by atoms with Gasteiger partial charge in [-0.25, -0.2) is 13.8 Å². The molecule has 1 aromatic carbocycles. The topological polar surface area (TPSA) is 93.8 Å². The summed E-state index contributed by atoms with van der Waals surface area (Å²) >= 11 is 0. The van der Waals surface area contributed by atoms with E-state index in [0.717, 1.165) is 39.0 Å². The molecule has 0 saturated carbocycles. The van der Waals surface area contributed by atoms with Gasteiger partial charge in [0, 0.05) is 54.1 Å². The number of amides is 1. The van der Waals surface area contributed by atoms with Gasteiger partial charge in [0.05, 0.1) is 5.52 Å². The first kappa shape index (κ1) is 23.2. The van der Waals surface area contributed by atoms with Gasteiger partial charge in [0.15, 0.2) is 0 Å². The molecule has 8 heteroatoms. The van der Waals surface area contributed by atoms with Crippen LogP contribution in [0, 0.1) is 13.8 Å². The number of fused-ring (bicyclic) bond motifs is 1. The van der Waals surface area contributed by atoms with Gasteiger partial charge in [0.2, 0.25) is 6.43 Å². The van der Waals surface area contributed by atoms with E-state index in [1.54, 1.807) is 30.5 Å². The predicted molar refractivity (Wildman–Crippen MR) is 128 cm³/mol. The molecule has 4 rings (SSSR count). The van der Waals surface area contributed by atoms with Crippen LogP contribution in [0.1, 0.15) is 44.0 Å². The molecule has 1 amide bonds. The summed E-state index contributed by atoms with van der Waals surface area (Å²) in [6.07, 6.45) is 0.855. The van der Waals surface area contributed by atoms with E-state index in [2.05, 4.69) is 20.3 Å². The van der Waals surface area contributed by atoms with Gasteiger partial charge in [-0.3, -0.25) is 14.8 Å². The third kappa shape index (κ3) is 5.51. The van der Waals surface area contributed by atoms with Crippen molar-refractivity contribution in [3.05, 3.63) is 94.1 Å². The molecule has 3 N–H and O–H groups in total. The number of nitrogens with one attached hydrogen (secondary N) is 1. The highest BCUT2D eigenvalue weighted by atomic mass is 19.3. The van der Waals surface area contributed by atoms with E-state index in [9.17, 15) is 13.6 Å². The van der Waals surface area contributed by atoms with Gasteiger partial charge < -0.3 is 11.1 Å². The maximum Gasteiger partial charge on any atom is 0.251 e. The molecule has 4 aromatic rings. The predicted octanol–water partition coefficient (Wildman–Crippen LogP) is 4.55. The quantitative estimate of drug-likeness (QED) is 0.421. The van der Waals surface area contributed by atoms with Crippen molar-refractivity contribution in [3.8, 4) is 0 Å². The first-order chi connectivity index (χ1) is 16.3. The van der Waals surface area contributed by atoms with Crippen molar-refractivity contribution in [1.82, 2.24) is 20.3 Å². The molecule has 174 valence electrons. The molecule has 0 bridgehead atoms. The van der Waals surface area contributed by atoms with Gasteiger partial charge in [-0.15, -0.1) is 0 Å². The number of pyridine rings is 3. The van der Waals surface area contributed by atoms with Crippen molar-refractivity contribution in [2.24, 2.45) is 0 Å². The average Bonchev–Trinajstić information content (AvgIpc) is 2.78. The molecule has 0 unspecified atom stereocenters. The van der Waals surface area contributed by atoms with Gasteiger partial charge in [0.25, 0.3) is 5.91 Å². The minimum Gasteiger partial charge on any atom is -0.384 e. The smallest absolute Gasteiger partial charge is 0.251 e. The summed E-state index contributed by atoms with van der Waals surface area (Å²) in [4.78, 5) is 25.7. The molecule has 6 nitrogen and oxygen atoms in total. The number of carbonyl (C=O) groups excluding carboxylic acids is 1. The Hall–Kier alpha value is -3.94. The Bertz CT molecular complexity index is 1330. The number of aryl methyl sites for hydroxylation is 2. The summed E-state index contributed by atoms with van der Waals surface area (Å²) < 4.78 is 25.4. The van der Waals surface area contributed by atoms with E-state index in [1.165, 1.54) is 6.20 Å². The largest absolute Gasteiger partial charge is 0.384 e. The minimum absolute atomic E-state index is 0.210. The highest BCUT2D eigenvalue weighted by Crippen LogP contribution is 2.20. The third-order valence-electron chi connectivity index (χ3n) is 5.66. The first-order valence-corrected chi connectivity index (χ1v) is 10.9. The van der Waals surface area contributed by atoms with Crippen molar-refractivity contribution in [1.29, 1.82) is 0 Å². The lowest BCUT2D eigenvalue weighted by molar-refractivity contribution is 0.0950. The molecule has 0 spiro atoms. The summed E-state index contributed by atoms with van der Waals surface area (Å²) in [5.41, 5.74) is 11.9. The zero-order valence-electron chi connectivity index (χ0n) is 19.0. The molecule has 0 saturated heterocycles. The molecule has 3 heterocycles. The molecule has 34 heavy (non-hydrogen) atoms. The molecular weight excluding hydrogens is 436 g/mol. The Balaban J connectivity index is 1.48. The van der Waals surface area contributed by atoms with Crippen molar-refractivity contribution in [3.63, 3.8) is 0 Å². The SMILES string of the molecule is Cc1cc(N)nc(C)c1CNC(=O)c1ccnc(Cc2ccc3ncc(CC(F)F)cc3c2)c1. The number of alkyl halides is 2. The highest BCUT2D eigenvalue weighted by Gasteiger charge is 2.11. The number of benzene rings is 1. The number of hydrogen-bond donors (Lipinski definition) is 2. The maximum atomic E-state index is 12.8. The Morgan fingerprint density at radius 1 is 1.06 bits per heavy atom. The van der Waals surface area contributed by atoms with Crippen LogP contribution < -0.4 is 11.1 Å². The molecule has 0 radical (unpaired) electrons. The van der Waals surface area contributed by atoms with E-state index >= 15 is 0 Å². The minimum atomic E-state index is -2.41. The van der Waals surface area contributed by atoms with Crippen LogP contribution in [0.5, 0.6) is 0 Å². The van der Waals surface area contributed by atoms with Gasteiger partial charge in [0.1, 0.15) is 5.82 Å². The van der Waals surface area contributed by atoms with Gasteiger partial charge in [-0.2, -0.15) is 0 Å². The lowest BCUT2D eigenvalue weighted by Crippen LogP contribution is -2.24. The van der Waals surface area contributed by atoms with Crippen LogP contribution >= 0.6 is 0 Å². The van der Waals surface area contributed by atoms with Crippen LogP contribution in [-0.4, -0.2) is 27.3 Å². The third-order valence-corrected chi connectivity index (χ3v) is 5.66. The summed E-state index contributed by atoms with van der Waals surface area (Å²) in [6, 6.07) is 12.7. The van der Waals surface area contributed by atoms with Crippen molar-refractivity contribution >= 4 is 22.6 Å². The zero-order valence-corrected chi connectivity index (χ0v) is 19.0. The Labute approximate surface area is 196 Å². The number of anilines is 1. The number of rotatable bonds is 7. The van der Waals surface area contributed by atoms with Gasteiger partial charge >= 0.3 is 0 Å². The molecule has 0 aliphatic carbocycles. The molecule has 0 atom stereocenters. The Morgan fingerprint density at radius 2 is 1.85 bits per heavy atom. The number of aromatic nitrogens is 3. The lowest BCUT2D eigenvalue weighted by Gasteiger charge is -2.12. The van der Waals surface area contributed by atoms with Crippen LogP contribution in [0.4, 0.5) is 14.6 Å². The number of hydrogen-bond acceptors (Lipinski definition) is 5. The normalized spacial score (nSPS) is 11.2. The Morgan fingerprint density at radius 3 is 2.62 bits per heavy atom. The Kier molecular flexibility index (Phi) is 6.77. The lowest BCUT2D eigenvalue weighted by atomic mass is 10.0. The zero-order chi connectivity index (χ0) is 24.2. The van der Waals surface area contributed by atoms with E-state index in [0.29, 0.717) is 29.9 Å². The number of nitrogens with two attached hydrogens (primary N) is 1. The van der Waals surface area contributed by atoms with Crippen LogP contribution in [0.2, 0.25) is 0 Å². The fraction of sp³-hybridized carbons (Fsp3) is 0.231. The number of carbonyl (C=O) groups is 1. The summed E-state index contributed by atoms with van der Waals surface area (Å²) in [5.74, 6) is 0.247. The first-order valence-electron chi connectivity index (χ1n) is 10.9. The number of halogens is 2. The van der Waals surface area contributed by atoms with Crippen molar-refractivity contribution in [2.75, 3.05) is 5.73 Å². The molecule has 3 aromatic heterocycles. The van der Waals surface area contributed by atoms with E-state index < -0.39 is 6.43 Å². The second-order valence-electron chi connectivity index (χ2n) is 8.29. The van der Waals surface area contributed by atoms with E-state index in [4.69, 9.17) is 5.73 Å². The van der Waals surface area contributed by atoms with E-state index in [1.807, 2.05) is 32.0 Å². The van der Waals surface area contributed by atoms with Crippen LogP contribution in [0.3, 0.4) is 0 Å². The fourth-order valence-electron chi connectivity index (χ4n) is 3.98. The van der Waals surface area contributed by atoms with Crippen LogP contribution in [0.25, 0.3) is 10.9 Å². The second kappa shape index (κ2) is 9.91. The highest BCUT2D eigenvalue weighted by molar-refractivity contribution is 5.94. The fourth-order valence-corrected chi connectivity index (χ4v) is 3.98. The summed E-state index contributed by atoms with van der Waals surface area (Å²) in [6.45, 7) is 4.15. The van der Waals surface area contributed by atoms with Crippen molar-refractivity contribution in [2.45, 2.75) is 39.7 Å². The number of nitrogen functional groups attached to an aromatic ring is 1. The molecule has 0 fully saturated rings. The van der Waals surface area contributed by atoms with Gasteiger partial charge in [-0.05, 0) is 72.5 Å². The van der Waals surface area contributed by atoms with Crippen LogP contribution in [-0.2, 0) is 19.4 Å². The monoisotopic (exact) mass is 461 g/mol. The van der Waals surface area contributed by atoms with Crippen LogP contribution in [0.15, 0.2) is 54.9 Å². The second-order valence-corrected chi connectivity index (χ2v) is 8.29. The van der Waals surface area contributed by atoms with Crippen molar-refractivity contribution < 1.29 is 13.6 Å². The molecule has 0 aliphatic heterocycles. The average molecular weight is 462 g/mol. The standard InChI is InChI=1S/C26H25F2N5O/c1-15-7-25(29)33-16(2)22(15)14-32-26(34)19-5-6-30-21(12-19)10-17-3-4-23-20(8-17)9-18(13-31-23)11-24(27)28/h3-9,12-13,24H,10-11,14H2,1-2H3,(H2,29,33)(H,32,34). The van der Waals surface area contributed by atoms with Gasteiger partial charge in [-0.1, -0.05) is 6.07 Å².